The summed E-state index contributed by atoms with van der Waals surface area (Å²) in [6.45, 7) is 5.41. The Bertz CT molecular complexity index is 423. The molecule has 1 aromatic heterocycles. The van der Waals surface area contributed by atoms with E-state index in [-0.39, 0.29) is 0 Å². The van der Waals surface area contributed by atoms with Crippen LogP contribution < -0.4 is 10.2 Å². The van der Waals surface area contributed by atoms with Crippen LogP contribution in [0.2, 0.25) is 0 Å². The highest BCUT2D eigenvalue weighted by atomic mass is 15.2. The lowest BCUT2D eigenvalue weighted by atomic mass is 9.96. The number of hydrogen-bond donors (Lipinski definition) is 1. The first-order valence-electron chi connectivity index (χ1n) is 8.81. The maximum absolute atomic E-state index is 4.75. The van der Waals surface area contributed by atoms with Crippen LogP contribution in [0.5, 0.6) is 0 Å². The van der Waals surface area contributed by atoms with Crippen LogP contribution in [0.15, 0.2) is 18.3 Å². The number of rotatable bonds is 6. The van der Waals surface area contributed by atoms with Crippen LogP contribution in [0.3, 0.4) is 0 Å². The smallest absolute Gasteiger partial charge is 0.128 e. The van der Waals surface area contributed by atoms with Crippen LogP contribution >= 0.6 is 0 Å². The Morgan fingerprint density at radius 1 is 1.19 bits per heavy atom. The minimum atomic E-state index is 0.754. The van der Waals surface area contributed by atoms with Gasteiger partial charge in [0.25, 0.3) is 0 Å². The molecule has 0 bridgehead atoms. The highest BCUT2D eigenvalue weighted by Crippen LogP contribution is 2.37. The molecule has 2 heterocycles. The fraction of sp³-hybridized carbons (Fsp3) is 0.722. The molecule has 3 heteroatoms. The third kappa shape index (κ3) is 3.57. The molecule has 21 heavy (non-hydrogen) atoms. The Kier molecular flexibility index (Phi) is 5.13. The van der Waals surface area contributed by atoms with E-state index in [1.54, 1.807) is 0 Å². The van der Waals surface area contributed by atoms with Crippen LogP contribution in [-0.4, -0.2) is 24.1 Å². The van der Waals surface area contributed by atoms with E-state index in [2.05, 4.69) is 35.5 Å². The number of aromatic nitrogens is 1. The van der Waals surface area contributed by atoms with Crippen molar-refractivity contribution in [3.63, 3.8) is 0 Å². The normalized spacial score (nSPS) is 23.1. The lowest BCUT2D eigenvalue weighted by molar-refractivity contribution is 0.429. The van der Waals surface area contributed by atoms with Gasteiger partial charge in [-0.1, -0.05) is 25.8 Å². The van der Waals surface area contributed by atoms with Gasteiger partial charge in [0.05, 0.1) is 0 Å². The molecule has 1 saturated heterocycles. The van der Waals surface area contributed by atoms with Crippen LogP contribution in [0.4, 0.5) is 5.82 Å². The zero-order chi connectivity index (χ0) is 14.5. The summed E-state index contributed by atoms with van der Waals surface area (Å²) in [6, 6.07) is 5.23. The number of nitrogens with zero attached hydrogens (tertiary/aromatic N) is 2. The van der Waals surface area contributed by atoms with Gasteiger partial charge in [-0.2, -0.15) is 0 Å². The maximum Gasteiger partial charge on any atom is 0.128 e. The third-order valence-electron chi connectivity index (χ3n) is 5.10. The molecule has 1 aromatic rings. The molecule has 1 aliphatic heterocycles. The highest BCUT2D eigenvalue weighted by Gasteiger charge is 2.33. The fourth-order valence-corrected chi connectivity index (χ4v) is 4.01. The number of nitrogens with one attached hydrogen (secondary N) is 1. The summed E-state index contributed by atoms with van der Waals surface area (Å²) in [4.78, 5) is 7.33. The molecular weight excluding hydrogens is 258 g/mol. The van der Waals surface area contributed by atoms with Crippen molar-refractivity contribution in [3.05, 3.63) is 23.9 Å². The topological polar surface area (TPSA) is 28.2 Å². The molecule has 0 aromatic carbocycles. The Labute approximate surface area is 129 Å². The van der Waals surface area contributed by atoms with Gasteiger partial charge in [-0.25, -0.2) is 4.98 Å². The first-order valence-corrected chi connectivity index (χ1v) is 8.81. The molecule has 1 atom stereocenters. The van der Waals surface area contributed by atoms with Gasteiger partial charge in [-0.15, -0.1) is 0 Å². The van der Waals surface area contributed by atoms with Gasteiger partial charge < -0.3 is 10.2 Å². The van der Waals surface area contributed by atoms with Gasteiger partial charge in [0.1, 0.15) is 5.82 Å². The van der Waals surface area contributed by atoms with E-state index in [0.717, 1.165) is 25.0 Å². The molecule has 2 aliphatic rings. The van der Waals surface area contributed by atoms with Crippen molar-refractivity contribution in [1.29, 1.82) is 0 Å². The zero-order valence-electron chi connectivity index (χ0n) is 13.4. The minimum Gasteiger partial charge on any atom is -0.353 e. The van der Waals surface area contributed by atoms with Crippen molar-refractivity contribution in [2.75, 3.05) is 18.0 Å². The van der Waals surface area contributed by atoms with E-state index in [4.69, 9.17) is 4.98 Å². The van der Waals surface area contributed by atoms with Crippen LogP contribution in [0.1, 0.15) is 57.4 Å². The van der Waals surface area contributed by atoms with Gasteiger partial charge >= 0.3 is 0 Å². The number of anilines is 1. The molecule has 0 spiro atoms. The molecule has 3 nitrogen and oxygen atoms in total. The predicted octanol–water partition coefficient (Wildman–Crippen LogP) is 3.74. The van der Waals surface area contributed by atoms with Gasteiger partial charge in [-0.05, 0) is 56.2 Å². The molecule has 0 radical (unpaired) electrons. The van der Waals surface area contributed by atoms with Crippen molar-refractivity contribution in [1.82, 2.24) is 10.3 Å². The van der Waals surface area contributed by atoms with Crippen molar-refractivity contribution >= 4 is 5.82 Å². The summed E-state index contributed by atoms with van der Waals surface area (Å²) < 4.78 is 0. The first kappa shape index (κ1) is 14.8. The quantitative estimate of drug-likeness (QED) is 0.808. The number of hydrogen-bond acceptors (Lipinski definition) is 3. The number of pyridine rings is 1. The average molecular weight is 287 g/mol. The van der Waals surface area contributed by atoms with Crippen LogP contribution in [0.25, 0.3) is 0 Å². The molecule has 116 valence electrons. The van der Waals surface area contributed by atoms with Crippen molar-refractivity contribution < 1.29 is 0 Å². The van der Waals surface area contributed by atoms with E-state index in [1.807, 2.05) is 0 Å². The van der Waals surface area contributed by atoms with Gasteiger partial charge in [0.15, 0.2) is 0 Å². The van der Waals surface area contributed by atoms with Crippen LogP contribution in [-0.2, 0) is 6.54 Å². The van der Waals surface area contributed by atoms with Crippen molar-refractivity contribution in [2.45, 2.75) is 64.5 Å². The highest BCUT2D eigenvalue weighted by molar-refractivity contribution is 5.42. The Hall–Kier alpha value is -1.09. The zero-order valence-corrected chi connectivity index (χ0v) is 13.4. The molecule has 1 N–H and O–H groups in total. The second kappa shape index (κ2) is 7.26. The molecule has 2 fully saturated rings. The standard InChI is InChI=1S/C18H29N3/c1-2-11-19-13-15-9-10-18(20-14-15)21-12-5-8-17(21)16-6-3-4-7-16/h9-10,14,16-17,19H,2-8,11-13H2,1H3. The van der Waals surface area contributed by atoms with Gasteiger partial charge in [0.2, 0.25) is 0 Å². The van der Waals surface area contributed by atoms with Crippen molar-refractivity contribution in [3.8, 4) is 0 Å². The Balaban J connectivity index is 1.62. The molecular formula is C18H29N3. The van der Waals surface area contributed by atoms with E-state index >= 15 is 0 Å². The van der Waals surface area contributed by atoms with E-state index in [0.29, 0.717) is 0 Å². The summed E-state index contributed by atoms with van der Waals surface area (Å²) in [5.74, 6) is 2.11. The van der Waals surface area contributed by atoms with E-state index in [1.165, 1.54) is 62.9 Å². The molecule has 1 saturated carbocycles. The maximum atomic E-state index is 4.75. The Morgan fingerprint density at radius 3 is 2.76 bits per heavy atom. The largest absolute Gasteiger partial charge is 0.353 e. The third-order valence-corrected chi connectivity index (χ3v) is 5.10. The summed E-state index contributed by atoms with van der Waals surface area (Å²) >= 11 is 0. The summed E-state index contributed by atoms with van der Waals surface area (Å²) in [5, 5.41) is 3.44. The van der Waals surface area contributed by atoms with Gasteiger partial charge in [-0.3, -0.25) is 0 Å². The predicted molar refractivity (Wildman–Crippen MR) is 88.6 cm³/mol. The molecule has 3 rings (SSSR count). The summed E-state index contributed by atoms with van der Waals surface area (Å²) in [6.07, 6.45) is 11.7. The second-order valence-electron chi connectivity index (χ2n) is 6.65. The first-order chi connectivity index (χ1) is 10.4. The lowest BCUT2D eigenvalue weighted by Crippen LogP contribution is -2.35. The van der Waals surface area contributed by atoms with Gasteiger partial charge in [0, 0.05) is 25.3 Å². The van der Waals surface area contributed by atoms with Crippen molar-refractivity contribution in [2.24, 2.45) is 5.92 Å². The SMILES string of the molecule is CCCNCc1ccc(N2CCCC2C2CCCC2)nc1. The van der Waals surface area contributed by atoms with Crippen LogP contribution in [0, 0.1) is 5.92 Å². The monoisotopic (exact) mass is 287 g/mol. The van der Waals surface area contributed by atoms with E-state index in [9.17, 15) is 0 Å². The summed E-state index contributed by atoms with van der Waals surface area (Å²) in [5.41, 5.74) is 1.30. The molecule has 1 unspecified atom stereocenters. The second-order valence-corrected chi connectivity index (χ2v) is 6.65. The minimum absolute atomic E-state index is 0.754. The molecule has 1 aliphatic carbocycles. The van der Waals surface area contributed by atoms with E-state index < -0.39 is 0 Å². The average Bonchev–Trinajstić information content (AvgIpc) is 3.19. The summed E-state index contributed by atoms with van der Waals surface area (Å²) in [7, 11) is 0. The fourth-order valence-electron chi connectivity index (χ4n) is 4.01. The Morgan fingerprint density at radius 2 is 2.05 bits per heavy atom. The lowest BCUT2D eigenvalue weighted by Gasteiger charge is -2.30. The molecule has 0 amide bonds.